The van der Waals surface area contributed by atoms with Crippen LogP contribution in [0.3, 0.4) is 0 Å². The predicted molar refractivity (Wildman–Crippen MR) is 86.3 cm³/mol. The number of ether oxygens (including phenoxy) is 1. The van der Waals surface area contributed by atoms with Gasteiger partial charge < -0.3 is 4.74 Å². The highest BCUT2D eigenvalue weighted by atomic mass is 19.1. The van der Waals surface area contributed by atoms with Gasteiger partial charge in [0, 0.05) is 5.56 Å². The zero-order chi connectivity index (χ0) is 15.1. The second-order valence-corrected chi connectivity index (χ2v) is 4.98. The Morgan fingerprint density at radius 3 is 2.05 bits per heavy atom. The van der Waals surface area contributed by atoms with Crippen LogP contribution in [0.1, 0.15) is 37.8 Å². The maximum absolute atomic E-state index is 13.6. The van der Waals surface area contributed by atoms with Crippen molar-refractivity contribution in [2.24, 2.45) is 0 Å². The number of rotatable bonds is 6. The van der Waals surface area contributed by atoms with Crippen LogP contribution in [0.15, 0.2) is 54.6 Å². The SMILES string of the molecule is CCC=C(F)c1ccc(Oc2ccc(CCC)cc2)cc1. The first-order valence-corrected chi connectivity index (χ1v) is 7.45. The molecule has 0 fully saturated rings. The smallest absolute Gasteiger partial charge is 0.127 e. The molecule has 0 unspecified atom stereocenters. The lowest BCUT2D eigenvalue weighted by molar-refractivity contribution is 0.482. The highest BCUT2D eigenvalue weighted by Gasteiger charge is 2.01. The summed E-state index contributed by atoms with van der Waals surface area (Å²) in [6.07, 6.45) is 4.48. The second kappa shape index (κ2) is 7.63. The minimum absolute atomic E-state index is 0.187. The summed E-state index contributed by atoms with van der Waals surface area (Å²) in [5, 5.41) is 0. The topological polar surface area (TPSA) is 9.23 Å². The van der Waals surface area contributed by atoms with Gasteiger partial charge in [0.2, 0.25) is 0 Å². The Bertz CT molecular complexity index is 582. The number of hydrogen-bond acceptors (Lipinski definition) is 1. The summed E-state index contributed by atoms with van der Waals surface area (Å²) in [6.45, 7) is 4.08. The Morgan fingerprint density at radius 1 is 0.952 bits per heavy atom. The van der Waals surface area contributed by atoms with E-state index >= 15 is 0 Å². The van der Waals surface area contributed by atoms with Crippen molar-refractivity contribution >= 4 is 5.83 Å². The van der Waals surface area contributed by atoms with E-state index in [0.29, 0.717) is 17.7 Å². The van der Waals surface area contributed by atoms with Gasteiger partial charge in [-0.1, -0.05) is 32.4 Å². The molecule has 0 heterocycles. The van der Waals surface area contributed by atoms with Gasteiger partial charge in [0.25, 0.3) is 0 Å². The molecule has 0 atom stereocenters. The predicted octanol–water partition coefficient (Wildman–Crippen LogP) is 6.15. The van der Waals surface area contributed by atoms with Crippen LogP contribution in [-0.4, -0.2) is 0 Å². The Hall–Kier alpha value is -2.09. The second-order valence-electron chi connectivity index (χ2n) is 4.98. The summed E-state index contributed by atoms with van der Waals surface area (Å²) < 4.78 is 19.4. The molecule has 0 N–H and O–H groups in total. The molecule has 0 saturated carbocycles. The van der Waals surface area contributed by atoms with E-state index in [2.05, 4.69) is 19.1 Å². The van der Waals surface area contributed by atoms with Crippen LogP contribution >= 0.6 is 0 Å². The number of aryl methyl sites for hydroxylation is 1. The number of benzene rings is 2. The molecular formula is C19H21FO. The van der Waals surface area contributed by atoms with Crippen molar-refractivity contribution in [1.29, 1.82) is 0 Å². The molecule has 1 nitrogen and oxygen atoms in total. The third-order valence-electron chi connectivity index (χ3n) is 3.21. The maximum Gasteiger partial charge on any atom is 0.127 e. The molecule has 0 aliphatic rings. The Balaban J connectivity index is 2.04. The zero-order valence-electron chi connectivity index (χ0n) is 12.6. The van der Waals surface area contributed by atoms with Crippen molar-refractivity contribution in [1.82, 2.24) is 0 Å². The minimum Gasteiger partial charge on any atom is -0.457 e. The van der Waals surface area contributed by atoms with Crippen LogP contribution in [0.4, 0.5) is 4.39 Å². The van der Waals surface area contributed by atoms with Crippen LogP contribution in [0.2, 0.25) is 0 Å². The summed E-state index contributed by atoms with van der Waals surface area (Å²) in [5.74, 6) is 1.33. The molecule has 21 heavy (non-hydrogen) atoms. The first kappa shape index (κ1) is 15.3. The lowest BCUT2D eigenvalue weighted by Crippen LogP contribution is -1.87. The standard InChI is InChI=1S/C19H21FO/c1-3-5-15-7-11-17(12-8-15)21-18-13-9-16(10-14-18)19(20)6-4-2/h6-14H,3-5H2,1-2H3. The lowest BCUT2D eigenvalue weighted by Gasteiger charge is -2.07. The molecule has 0 amide bonds. The molecule has 0 spiro atoms. The summed E-state index contributed by atoms with van der Waals surface area (Å²) >= 11 is 0. The van der Waals surface area contributed by atoms with Gasteiger partial charge in [0.1, 0.15) is 17.3 Å². The van der Waals surface area contributed by atoms with Crippen molar-refractivity contribution < 1.29 is 9.13 Å². The van der Waals surface area contributed by atoms with Gasteiger partial charge in [0.05, 0.1) is 0 Å². The van der Waals surface area contributed by atoms with Gasteiger partial charge in [-0.2, -0.15) is 0 Å². The molecule has 0 aromatic heterocycles. The van der Waals surface area contributed by atoms with E-state index in [1.165, 1.54) is 5.56 Å². The number of halogens is 1. The molecule has 2 heteroatoms. The fourth-order valence-electron chi connectivity index (χ4n) is 2.13. The van der Waals surface area contributed by atoms with Crippen LogP contribution in [-0.2, 0) is 6.42 Å². The van der Waals surface area contributed by atoms with E-state index in [1.807, 2.05) is 19.1 Å². The summed E-state index contributed by atoms with van der Waals surface area (Å²) in [5.41, 5.74) is 1.90. The van der Waals surface area contributed by atoms with Crippen LogP contribution in [0.25, 0.3) is 5.83 Å². The molecule has 0 saturated heterocycles. The minimum atomic E-state index is -0.187. The van der Waals surface area contributed by atoms with Gasteiger partial charge in [-0.25, -0.2) is 4.39 Å². The summed E-state index contributed by atoms with van der Waals surface area (Å²) in [4.78, 5) is 0. The van der Waals surface area contributed by atoms with E-state index in [0.717, 1.165) is 18.6 Å². The quantitative estimate of drug-likeness (QED) is 0.618. The van der Waals surface area contributed by atoms with E-state index in [9.17, 15) is 4.39 Å². The fourth-order valence-corrected chi connectivity index (χ4v) is 2.13. The highest BCUT2D eigenvalue weighted by Crippen LogP contribution is 2.25. The van der Waals surface area contributed by atoms with Gasteiger partial charge >= 0.3 is 0 Å². The van der Waals surface area contributed by atoms with Crippen molar-refractivity contribution in [2.45, 2.75) is 33.1 Å². The molecule has 0 bridgehead atoms. The molecule has 2 rings (SSSR count). The van der Waals surface area contributed by atoms with Crippen molar-refractivity contribution in [2.75, 3.05) is 0 Å². The van der Waals surface area contributed by atoms with Gasteiger partial charge in [-0.3, -0.25) is 0 Å². The summed E-state index contributed by atoms with van der Waals surface area (Å²) in [7, 11) is 0. The average molecular weight is 284 g/mol. The first-order chi connectivity index (χ1) is 10.2. The number of allylic oxidation sites excluding steroid dienone is 1. The van der Waals surface area contributed by atoms with Crippen molar-refractivity contribution in [3.05, 3.63) is 65.7 Å². The normalized spacial score (nSPS) is 11.5. The third-order valence-corrected chi connectivity index (χ3v) is 3.21. The molecule has 2 aromatic carbocycles. The van der Waals surface area contributed by atoms with Gasteiger partial charge in [-0.05, 0) is 60.9 Å². The van der Waals surface area contributed by atoms with Gasteiger partial charge in [0.15, 0.2) is 0 Å². The maximum atomic E-state index is 13.6. The molecule has 0 aliphatic heterocycles. The first-order valence-electron chi connectivity index (χ1n) is 7.45. The van der Waals surface area contributed by atoms with Crippen LogP contribution in [0, 0.1) is 0 Å². The van der Waals surface area contributed by atoms with E-state index < -0.39 is 0 Å². The van der Waals surface area contributed by atoms with Crippen LogP contribution in [0.5, 0.6) is 11.5 Å². The monoisotopic (exact) mass is 284 g/mol. The van der Waals surface area contributed by atoms with Crippen molar-refractivity contribution in [3.63, 3.8) is 0 Å². The van der Waals surface area contributed by atoms with Crippen molar-refractivity contribution in [3.8, 4) is 11.5 Å². The Kier molecular flexibility index (Phi) is 5.56. The summed E-state index contributed by atoms with van der Waals surface area (Å²) in [6, 6.07) is 15.2. The third kappa shape index (κ3) is 4.45. The lowest BCUT2D eigenvalue weighted by atomic mass is 10.1. The average Bonchev–Trinajstić information content (AvgIpc) is 2.50. The fraction of sp³-hybridized carbons (Fsp3) is 0.263. The number of hydrogen-bond donors (Lipinski definition) is 0. The van der Waals surface area contributed by atoms with E-state index in [1.54, 1.807) is 30.3 Å². The zero-order valence-corrected chi connectivity index (χ0v) is 12.6. The highest BCUT2D eigenvalue weighted by molar-refractivity contribution is 5.59. The molecule has 2 aromatic rings. The van der Waals surface area contributed by atoms with E-state index in [-0.39, 0.29) is 5.83 Å². The van der Waals surface area contributed by atoms with E-state index in [4.69, 9.17) is 4.74 Å². The van der Waals surface area contributed by atoms with Gasteiger partial charge in [-0.15, -0.1) is 0 Å². The largest absolute Gasteiger partial charge is 0.457 e. The van der Waals surface area contributed by atoms with Crippen LogP contribution < -0.4 is 4.74 Å². The molecule has 0 aliphatic carbocycles. The Morgan fingerprint density at radius 2 is 1.52 bits per heavy atom. The molecule has 0 radical (unpaired) electrons. The molecular weight excluding hydrogens is 263 g/mol. The Labute approximate surface area is 126 Å². The molecule has 110 valence electrons.